The zero-order chi connectivity index (χ0) is 15.7. The van der Waals surface area contributed by atoms with E-state index in [1.54, 1.807) is 48.5 Å². The summed E-state index contributed by atoms with van der Waals surface area (Å²) in [4.78, 5) is 15.7. The molecule has 0 amide bonds. The number of hydrogen-bond donors (Lipinski definition) is 0. The Labute approximate surface area is 123 Å². The fraction of sp³-hybridized carbons (Fsp3) is 0.125. The highest BCUT2D eigenvalue weighted by Gasteiger charge is 2.37. The molecule has 3 nitrogen and oxygen atoms in total. The van der Waals surface area contributed by atoms with Crippen LogP contribution in [-0.2, 0) is 12.7 Å². The first-order valence-electron chi connectivity index (χ1n) is 6.57. The SMILES string of the molecule is O=c1c(C(F)(F)F)nc2ccccc2n1Cc1ccccc1. The van der Waals surface area contributed by atoms with Gasteiger partial charge in [0.25, 0.3) is 5.56 Å². The summed E-state index contributed by atoms with van der Waals surface area (Å²) < 4.78 is 40.2. The third-order valence-corrected chi connectivity index (χ3v) is 3.30. The number of para-hydroxylation sites is 2. The summed E-state index contributed by atoms with van der Waals surface area (Å²) in [6.07, 6.45) is -4.78. The molecule has 22 heavy (non-hydrogen) atoms. The van der Waals surface area contributed by atoms with Gasteiger partial charge in [0, 0.05) is 0 Å². The predicted molar refractivity (Wildman–Crippen MR) is 76.5 cm³/mol. The quantitative estimate of drug-likeness (QED) is 0.726. The van der Waals surface area contributed by atoms with Crippen LogP contribution in [0, 0.1) is 0 Å². The van der Waals surface area contributed by atoms with E-state index in [9.17, 15) is 18.0 Å². The molecule has 2 aromatic carbocycles. The minimum Gasteiger partial charge on any atom is -0.300 e. The summed E-state index contributed by atoms with van der Waals surface area (Å²) in [6, 6.07) is 15.2. The Morgan fingerprint density at radius 3 is 2.27 bits per heavy atom. The molecule has 6 heteroatoms. The Kier molecular flexibility index (Phi) is 3.44. The van der Waals surface area contributed by atoms with Gasteiger partial charge in [-0.25, -0.2) is 4.98 Å². The molecule has 0 aliphatic rings. The van der Waals surface area contributed by atoms with E-state index in [0.717, 1.165) is 10.1 Å². The first kappa shape index (κ1) is 14.3. The minimum atomic E-state index is -4.78. The van der Waals surface area contributed by atoms with Crippen molar-refractivity contribution in [3.05, 3.63) is 76.2 Å². The maximum atomic E-state index is 13.0. The topological polar surface area (TPSA) is 34.9 Å². The fourth-order valence-electron chi connectivity index (χ4n) is 2.30. The summed E-state index contributed by atoms with van der Waals surface area (Å²) in [6.45, 7) is 0.0613. The molecule has 0 spiro atoms. The number of aromatic nitrogens is 2. The van der Waals surface area contributed by atoms with Crippen LogP contribution in [-0.4, -0.2) is 9.55 Å². The van der Waals surface area contributed by atoms with Gasteiger partial charge in [0.15, 0.2) is 0 Å². The summed E-state index contributed by atoms with van der Waals surface area (Å²) in [5.74, 6) is 0. The average molecular weight is 304 g/mol. The van der Waals surface area contributed by atoms with E-state index in [-0.39, 0.29) is 12.1 Å². The monoisotopic (exact) mass is 304 g/mol. The first-order valence-corrected chi connectivity index (χ1v) is 6.57. The zero-order valence-electron chi connectivity index (χ0n) is 11.3. The van der Waals surface area contributed by atoms with Gasteiger partial charge in [-0.15, -0.1) is 0 Å². The van der Waals surface area contributed by atoms with Crippen LogP contribution < -0.4 is 5.56 Å². The summed E-state index contributed by atoms with van der Waals surface area (Å²) in [5, 5.41) is 0. The van der Waals surface area contributed by atoms with Crippen molar-refractivity contribution in [1.29, 1.82) is 0 Å². The Hall–Kier alpha value is -2.63. The lowest BCUT2D eigenvalue weighted by atomic mass is 10.2. The molecule has 0 saturated heterocycles. The molecule has 3 rings (SSSR count). The Balaban J connectivity index is 2.27. The van der Waals surface area contributed by atoms with Crippen molar-refractivity contribution in [3.8, 4) is 0 Å². The smallest absolute Gasteiger partial charge is 0.300 e. The maximum Gasteiger partial charge on any atom is 0.438 e. The van der Waals surface area contributed by atoms with Crippen molar-refractivity contribution < 1.29 is 13.2 Å². The third kappa shape index (κ3) is 2.59. The number of fused-ring (bicyclic) bond motifs is 1. The second kappa shape index (κ2) is 5.29. The van der Waals surface area contributed by atoms with Gasteiger partial charge >= 0.3 is 6.18 Å². The lowest BCUT2D eigenvalue weighted by Gasteiger charge is -2.13. The molecular formula is C16H11F3N2O. The van der Waals surface area contributed by atoms with Gasteiger partial charge in [-0.1, -0.05) is 42.5 Å². The predicted octanol–water partition coefficient (Wildman–Crippen LogP) is 3.46. The molecule has 112 valence electrons. The molecule has 0 unspecified atom stereocenters. The normalized spacial score (nSPS) is 11.8. The van der Waals surface area contributed by atoms with Gasteiger partial charge in [-0.05, 0) is 17.7 Å². The van der Waals surface area contributed by atoms with E-state index in [0.29, 0.717) is 5.52 Å². The van der Waals surface area contributed by atoms with Crippen LogP contribution in [0.1, 0.15) is 11.3 Å². The molecular weight excluding hydrogens is 293 g/mol. The van der Waals surface area contributed by atoms with Crippen molar-refractivity contribution in [3.63, 3.8) is 0 Å². The van der Waals surface area contributed by atoms with Gasteiger partial charge < -0.3 is 4.57 Å². The molecule has 0 N–H and O–H groups in total. The molecule has 0 saturated carbocycles. The molecule has 0 fully saturated rings. The van der Waals surface area contributed by atoms with Crippen LogP contribution in [0.4, 0.5) is 13.2 Å². The van der Waals surface area contributed by atoms with Gasteiger partial charge in [0.05, 0.1) is 17.6 Å². The van der Waals surface area contributed by atoms with Crippen LogP contribution in [0.5, 0.6) is 0 Å². The molecule has 1 aromatic heterocycles. The van der Waals surface area contributed by atoms with Crippen LogP contribution in [0.2, 0.25) is 0 Å². The summed E-state index contributed by atoms with van der Waals surface area (Å²) in [7, 11) is 0. The minimum absolute atomic E-state index is 0.0613. The zero-order valence-corrected chi connectivity index (χ0v) is 11.3. The molecule has 0 aliphatic carbocycles. The highest BCUT2D eigenvalue weighted by molar-refractivity contribution is 5.74. The molecule has 0 atom stereocenters. The second-order valence-electron chi connectivity index (χ2n) is 4.82. The van der Waals surface area contributed by atoms with Crippen LogP contribution in [0.3, 0.4) is 0 Å². The molecule has 0 bridgehead atoms. The van der Waals surface area contributed by atoms with Gasteiger partial charge in [-0.2, -0.15) is 13.2 Å². The van der Waals surface area contributed by atoms with Crippen molar-refractivity contribution in [1.82, 2.24) is 9.55 Å². The molecule has 0 radical (unpaired) electrons. The number of alkyl halides is 3. The van der Waals surface area contributed by atoms with E-state index in [1.807, 2.05) is 0 Å². The summed E-state index contributed by atoms with van der Waals surface area (Å²) in [5.41, 5.74) is -1.25. The second-order valence-corrected chi connectivity index (χ2v) is 4.82. The standard InChI is InChI=1S/C16H11F3N2O/c17-16(18,19)14-15(22)21(10-11-6-2-1-3-7-11)13-9-5-4-8-12(13)20-14/h1-9H,10H2. The third-order valence-electron chi connectivity index (χ3n) is 3.30. The maximum absolute atomic E-state index is 13.0. The van der Waals surface area contributed by atoms with Crippen molar-refractivity contribution in [2.24, 2.45) is 0 Å². The largest absolute Gasteiger partial charge is 0.438 e. The van der Waals surface area contributed by atoms with Gasteiger partial charge in [0.1, 0.15) is 0 Å². The van der Waals surface area contributed by atoms with Crippen LogP contribution >= 0.6 is 0 Å². The lowest BCUT2D eigenvalue weighted by molar-refractivity contribution is -0.142. The van der Waals surface area contributed by atoms with E-state index in [1.165, 1.54) is 6.07 Å². The molecule has 1 heterocycles. The van der Waals surface area contributed by atoms with Gasteiger partial charge in [0.2, 0.25) is 5.69 Å². The Morgan fingerprint density at radius 2 is 1.59 bits per heavy atom. The highest BCUT2D eigenvalue weighted by Crippen LogP contribution is 2.26. The van der Waals surface area contributed by atoms with Gasteiger partial charge in [-0.3, -0.25) is 4.79 Å². The fourth-order valence-corrected chi connectivity index (χ4v) is 2.30. The van der Waals surface area contributed by atoms with E-state index >= 15 is 0 Å². The number of benzene rings is 2. The Morgan fingerprint density at radius 1 is 0.955 bits per heavy atom. The van der Waals surface area contributed by atoms with Crippen molar-refractivity contribution in [2.45, 2.75) is 12.7 Å². The van der Waals surface area contributed by atoms with E-state index in [2.05, 4.69) is 4.98 Å². The first-order chi connectivity index (χ1) is 10.5. The number of halogens is 3. The van der Waals surface area contributed by atoms with Crippen molar-refractivity contribution >= 4 is 11.0 Å². The summed E-state index contributed by atoms with van der Waals surface area (Å²) >= 11 is 0. The average Bonchev–Trinajstić information content (AvgIpc) is 2.50. The van der Waals surface area contributed by atoms with Crippen LogP contribution in [0.15, 0.2) is 59.4 Å². The van der Waals surface area contributed by atoms with E-state index in [4.69, 9.17) is 0 Å². The lowest BCUT2D eigenvalue weighted by Crippen LogP contribution is -2.31. The van der Waals surface area contributed by atoms with Crippen molar-refractivity contribution in [2.75, 3.05) is 0 Å². The number of nitrogens with zero attached hydrogens (tertiary/aromatic N) is 2. The Bertz CT molecular complexity index is 870. The molecule has 0 aliphatic heterocycles. The highest BCUT2D eigenvalue weighted by atomic mass is 19.4. The van der Waals surface area contributed by atoms with E-state index < -0.39 is 17.4 Å². The number of rotatable bonds is 2. The number of hydrogen-bond acceptors (Lipinski definition) is 2. The molecule has 3 aromatic rings. The van der Waals surface area contributed by atoms with Crippen LogP contribution in [0.25, 0.3) is 11.0 Å².